The van der Waals surface area contributed by atoms with E-state index in [2.05, 4.69) is 33.4 Å². The lowest BCUT2D eigenvalue weighted by Crippen LogP contribution is -2.48. The van der Waals surface area contributed by atoms with Crippen molar-refractivity contribution in [3.05, 3.63) is 88.4 Å². The fraction of sp³-hybridized carbons (Fsp3) is 0.387. The molecular formula is C31H33BrN2O3S. The Hall–Kier alpha value is -2.64. The largest absolute Gasteiger partial charge is 0.325 e. The molecule has 0 radical (unpaired) electrons. The third kappa shape index (κ3) is 4.91. The van der Waals surface area contributed by atoms with Gasteiger partial charge in [0.25, 0.3) is 10.0 Å². The number of nitrogens with zero attached hydrogens (tertiary/aromatic N) is 1. The average molecular weight is 594 g/mol. The Morgan fingerprint density at radius 3 is 1.97 bits per heavy atom. The standard InChI is InChI=1S/C31H33BrN2O3S/c1-21-2-12-29(13-3-21)38(36,37)34(28-10-6-26(32)7-11-28)20-30(35)33-27-8-4-25(5-9-27)31-17-22-14-23(18-31)16-24(15-22)19-31/h2-13,22-24H,14-20H2,1H3,(H,33,35). The molecule has 7 heteroatoms. The van der Waals surface area contributed by atoms with Crippen molar-refractivity contribution in [1.82, 2.24) is 0 Å². The van der Waals surface area contributed by atoms with E-state index < -0.39 is 10.0 Å². The third-order valence-corrected chi connectivity index (χ3v) is 11.1. The van der Waals surface area contributed by atoms with E-state index in [1.807, 2.05) is 19.1 Å². The molecule has 4 fully saturated rings. The van der Waals surface area contributed by atoms with Crippen LogP contribution in [-0.4, -0.2) is 20.9 Å². The van der Waals surface area contributed by atoms with Crippen LogP contribution in [0.25, 0.3) is 0 Å². The van der Waals surface area contributed by atoms with Crippen molar-refractivity contribution >= 4 is 43.2 Å². The summed E-state index contributed by atoms with van der Waals surface area (Å²) in [6.07, 6.45) is 8.12. The monoisotopic (exact) mass is 592 g/mol. The van der Waals surface area contributed by atoms with E-state index in [9.17, 15) is 13.2 Å². The minimum Gasteiger partial charge on any atom is -0.325 e. The average Bonchev–Trinajstić information content (AvgIpc) is 2.88. The summed E-state index contributed by atoms with van der Waals surface area (Å²) in [5.74, 6) is 2.24. The van der Waals surface area contributed by atoms with E-state index in [0.717, 1.165) is 27.8 Å². The topological polar surface area (TPSA) is 66.5 Å². The zero-order valence-electron chi connectivity index (χ0n) is 21.6. The quantitative estimate of drug-likeness (QED) is 0.319. The highest BCUT2D eigenvalue weighted by molar-refractivity contribution is 9.10. The number of benzene rings is 3. The predicted octanol–water partition coefficient (Wildman–Crippen LogP) is 7.06. The second-order valence-electron chi connectivity index (χ2n) is 11.6. The van der Waals surface area contributed by atoms with E-state index in [-0.39, 0.29) is 17.3 Å². The highest BCUT2D eigenvalue weighted by Gasteiger charge is 2.51. The molecule has 4 bridgehead atoms. The summed E-state index contributed by atoms with van der Waals surface area (Å²) in [6.45, 7) is 1.58. The third-order valence-electron chi connectivity index (χ3n) is 8.83. The van der Waals surface area contributed by atoms with E-state index >= 15 is 0 Å². The maximum Gasteiger partial charge on any atom is 0.264 e. The summed E-state index contributed by atoms with van der Waals surface area (Å²) >= 11 is 3.40. The minimum absolute atomic E-state index is 0.152. The van der Waals surface area contributed by atoms with Crippen LogP contribution < -0.4 is 9.62 Å². The number of rotatable bonds is 7. The normalized spacial score (nSPS) is 25.8. The van der Waals surface area contributed by atoms with Gasteiger partial charge in [-0.2, -0.15) is 0 Å². The van der Waals surface area contributed by atoms with Crippen LogP contribution in [0.3, 0.4) is 0 Å². The van der Waals surface area contributed by atoms with Crippen LogP contribution in [0.4, 0.5) is 11.4 Å². The molecule has 38 heavy (non-hydrogen) atoms. The van der Waals surface area contributed by atoms with Gasteiger partial charge in [-0.05, 0) is 123 Å². The number of carbonyl (C=O) groups is 1. The number of halogens is 1. The van der Waals surface area contributed by atoms with E-state index in [0.29, 0.717) is 16.8 Å². The van der Waals surface area contributed by atoms with E-state index in [4.69, 9.17) is 0 Å². The molecule has 4 aliphatic carbocycles. The van der Waals surface area contributed by atoms with Gasteiger partial charge in [-0.3, -0.25) is 9.10 Å². The first kappa shape index (κ1) is 25.6. The Balaban J connectivity index is 1.20. The summed E-state index contributed by atoms with van der Waals surface area (Å²) in [5, 5.41) is 2.93. The molecule has 0 atom stereocenters. The van der Waals surface area contributed by atoms with Gasteiger partial charge in [-0.25, -0.2) is 8.42 Å². The summed E-state index contributed by atoms with van der Waals surface area (Å²) in [6, 6.07) is 21.9. The van der Waals surface area contributed by atoms with Gasteiger partial charge < -0.3 is 5.32 Å². The number of aryl methyl sites for hydroxylation is 1. The molecule has 1 amide bonds. The molecule has 0 spiro atoms. The van der Waals surface area contributed by atoms with Crippen molar-refractivity contribution in [2.75, 3.05) is 16.2 Å². The highest BCUT2D eigenvalue weighted by Crippen LogP contribution is 2.60. The molecule has 198 valence electrons. The fourth-order valence-corrected chi connectivity index (χ4v) is 9.15. The van der Waals surface area contributed by atoms with Crippen molar-refractivity contribution in [1.29, 1.82) is 0 Å². The maximum atomic E-state index is 13.6. The zero-order valence-corrected chi connectivity index (χ0v) is 24.0. The summed E-state index contributed by atoms with van der Waals surface area (Å²) in [7, 11) is -3.95. The van der Waals surface area contributed by atoms with E-state index in [1.54, 1.807) is 48.5 Å². The van der Waals surface area contributed by atoms with Crippen LogP contribution in [0.2, 0.25) is 0 Å². The van der Waals surface area contributed by atoms with Crippen molar-refractivity contribution in [3.8, 4) is 0 Å². The smallest absolute Gasteiger partial charge is 0.264 e. The SMILES string of the molecule is Cc1ccc(S(=O)(=O)N(CC(=O)Nc2ccc(C34CC5CC(CC(C5)C3)C4)cc2)c2ccc(Br)cc2)cc1. The molecule has 0 aliphatic heterocycles. The van der Waals surface area contributed by atoms with Crippen molar-refractivity contribution in [2.45, 2.75) is 55.8 Å². The number of amides is 1. The summed E-state index contributed by atoms with van der Waals surface area (Å²) in [4.78, 5) is 13.3. The molecular weight excluding hydrogens is 560 g/mol. The van der Waals surface area contributed by atoms with Gasteiger partial charge >= 0.3 is 0 Å². The second-order valence-corrected chi connectivity index (χ2v) is 14.4. The van der Waals surface area contributed by atoms with Crippen LogP contribution in [0.5, 0.6) is 0 Å². The Morgan fingerprint density at radius 2 is 1.42 bits per heavy atom. The molecule has 0 unspecified atom stereocenters. The molecule has 4 saturated carbocycles. The van der Waals surface area contributed by atoms with Gasteiger partial charge in [0, 0.05) is 10.2 Å². The Morgan fingerprint density at radius 1 is 0.868 bits per heavy atom. The molecule has 1 N–H and O–H groups in total. The van der Waals surface area contributed by atoms with Crippen LogP contribution in [-0.2, 0) is 20.2 Å². The minimum atomic E-state index is -3.95. The van der Waals surface area contributed by atoms with Crippen LogP contribution in [0.15, 0.2) is 82.2 Å². The lowest BCUT2D eigenvalue weighted by molar-refractivity contribution is -0.114. The van der Waals surface area contributed by atoms with Gasteiger partial charge in [0.2, 0.25) is 5.91 Å². The Bertz CT molecular complexity index is 1400. The summed E-state index contributed by atoms with van der Waals surface area (Å²) in [5.41, 5.74) is 3.78. The number of anilines is 2. The van der Waals surface area contributed by atoms with Gasteiger partial charge in [0.05, 0.1) is 10.6 Å². The number of carbonyl (C=O) groups excluding carboxylic acids is 1. The number of sulfonamides is 1. The maximum absolute atomic E-state index is 13.6. The molecule has 3 aromatic carbocycles. The summed E-state index contributed by atoms with van der Waals surface area (Å²) < 4.78 is 29.2. The van der Waals surface area contributed by atoms with E-state index in [1.165, 1.54) is 48.4 Å². The Labute approximate surface area is 233 Å². The van der Waals surface area contributed by atoms with Crippen molar-refractivity contribution in [3.63, 3.8) is 0 Å². The molecule has 4 aliphatic rings. The molecule has 7 rings (SSSR count). The molecule has 0 saturated heterocycles. The first-order chi connectivity index (χ1) is 18.2. The zero-order chi connectivity index (χ0) is 26.5. The van der Waals surface area contributed by atoms with Crippen LogP contribution in [0.1, 0.15) is 49.7 Å². The van der Waals surface area contributed by atoms with Gasteiger partial charge in [-0.1, -0.05) is 45.8 Å². The van der Waals surface area contributed by atoms with Gasteiger partial charge in [0.1, 0.15) is 6.54 Å². The number of hydrogen-bond donors (Lipinski definition) is 1. The van der Waals surface area contributed by atoms with Crippen molar-refractivity contribution < 1.29 is 13.2 Å². The first-order valence-electron chi connectivity index (χ1n) is 13.5. The second kappa shape index (κ2) is 9.83. The van der Waals surface area contributed by atoms with Crippen LogP contribution in [0, 0.1) is 24.7 Å². The lowest BCUT2D eigenvalue weighted by Gasteiger charge is -2.57. The molecule has 0 aromatic heterocycles. The number of nitrogens with one attached hydrogen (secondary N) is 1. The first-order valence-corrected chi connectivity index (χ1v) is 15.7. The van der Waals surface area contributed by atoms with Crippen LogP contribution >= 0.6 is 15.9 Å². The highest BCUT2D eigenvalue weighted by atomic mass is 79.9. The van der Waals surface area contributed by atoms with Gasteiger partial charge in [-0.15, -0.1) is 0 Å². The van der Waals surface area contributed by atoms with Crippen molar-refractivity contribution in [2.24, 2.45) is 17.8 Å². The fourth-order valence-electron chi connectivity index (χ4n) is 7.46. The number of hydrogen-bond acceptors (Lipinski definition) is 3. The molecule has 3 aromatic rings. The molecule has 0 heterocycles. The Kier molecular flexibility index (Phi) is 6.63. The molecule has 5 nitrogen and oxygen atoms in total. The predicted molar refractivity (Wildman–Crippen MR) is 155 cm³/mol. The van der Waals surface area contributed by atoms with Gasteiger partial charge in [0.15, 0.2) is 0 Å². The lowest BCUT2D eigenvalue weighted by atomic mass is 9.48.